The van der Waals surface area contributed by atoms with Gasteiger partial charge in [-0.15, -0.1) is 0 Å². The Labute approximate surface area is 181 Å². The Kier molecular flexibility index (Phi) is 5.59. The van der Waals surface area contributed by atoms with Crippen molar-refractivity contribution in [2.24, 2.45) is 0 Å². The first-order valence-corrected chi connectivity index (χ1v) is 11.1. The van der Waals surface area contributed by atoms with E-state index in [1.807, 2.05) is 40.4 Å². The maximum atomic E-state index is 14.1. The molecular formula is C24H28FN5O. The highest BCUT2D eigenvalue weighted by Crippen LogP contribution is 2.22. The van der Waals surface area contributed by atoms with Crippen LogP contribution in [0.3, 0.4) is 0 Å². The average molecular weight is 422 g/mol. The number of fused-ring (bicyclic) bond motifs is 1. The Balaban J connectivity index is 1.23. The third kappa shape index (κ3) is 4.14. The summed E-state index contributed by atoms with van der Waals surface area (Å²) in [5.74, 6) is -0.199. The molecule has 0 saturated carbocycles. The minimum absolute atomic E-state index is 0.0155. The first kappa shape index (κ1) is 20.0. The molecule has 2 aliphatic rings. The molecule has 0 radical (unpaired) electrons. The van der Waals surface area contributed by atoms with Crippen molar-refractivity contribution in [1.29, 1.82) is 0 Å². The zero-order valence-corrected chi connectivity index (χ0v) is 17.7. The lowest BCUT2D eigenvalue weighted by Gasteiger charge is -2.36. The fourth-order valence-electron chi connectivity index (χ4n) is 4.67. The lowest BCUT2D eigenvalue weighted by Crippen LogP contribution is -2.49. The number of piperazine rings is 1. The van der Waals surface area contributed by atoms with Gasteiger partial charge in [0.2, 0.25) is 0 Å². The van der Waals surface area contributed by atoms with Gasteiger partial charge in [-0.25, -0.2) is 9.37 Å². The second-order valence-corrected chi connectivity index (χ2v) is 8.42. The van der Waals surface area contributed by atoms with Crippen molar-refractivity contribution in [3.63, 3.8) is 0 Å². The number of anilines is 1. The van der Waals surface area contributed by atoms with Crippen LogP contribution < -0.4 is 4.90 Å². The maximum Gasteiger partial charge on any atom is 0.254 e. The fraction of sp³-hybridized carbons (Fsp3) is 0.417. The molecule has 2 aliphatic heterocycles. The van der Waals surface area contributed by atoms with Crippen molar-refractivity contribution in [3.05, 3.63) is 60.2 Å². The number of hydrogen-bond donors (Lipinski definition) is 0. The number of amides is 1. The Hall–Kier alpha value is -2.93. The van der Waals surface area contributed by atoms with Gasteiger partial charge in [0.05, 0.1) is 23.0 Å². The van der Waals surface area contributed by atoms with Crippen molar-refractivity contribution in [2.75, 3.05) is 50.7 Å². The van der Waals surface area contributed by atoms with Gasteiger partial charge in [-0.05, 0) is 56.3 Å². The van der Waals surface area contributed by atoms with Crippen LogP contribution in [0, 0.1) is 5.82 Å². The van der Waals surface area contributed by atoms with Gasteiger partial charge >= 0.3 is 0 Å². The van der Waals surface area contributed by atoms with E-state index in [4.69, 9.17) is 0 Å². The molecule has 0 N–H and O–H groups in total. The number of imidazole rings is 1. The van der Waals surface area contributed by atoms with Crippen molar-refractivity contribution in [3.8, 4) is 0 Å². The smallest absolute Gasteiger partial charge is 0.254 e. The molecule has 0 unspecified atom stereocenters. The highest BCUT2D eigenvalue weighted by molar-refractivity contribution is 5.97. The zero-order valence-electron chi connectivity index (χ0n) is 17.7. The Morgan fingerprint density at radius 1 is 0.935 bits per heavy atom. The summed E-state index contributed by atoms with van der Waals surface area (Å²) in [6.45, 7) is 6.75. The van der Waals surface area contributed by atoms with Crippen LogP contribution in [0.5, 0.6) is 0 Å². The molecule has 3 aromatic rings. The third-order valence-electron chi connectivity index (χ3n) is 6.48. The van der Waals surface area contributed by atoms with E-state index in [1.54, 1.807) is 12.1 Å². The summed E-state index contributed by atoms with van der Waals surface area (Å²) in [4.78, 5) is 23.9. The minimum atomic E-state index is -0.215. The number of benzene rings is 2. The molecule has 1 amide bonds. The summed E-state index contributed by atoms with van der Waals surface area (Å²) in [7, 11) is 0. The maximum absolute atomic E-state index is 14.1. The molecule has 7 heteroatoms. The molecular weight excluding hydrogens is 393 g/mol. The van der Waals surface area contributed by atoms with Gasteiger partial charge in [0, 0.05) is 44.8 Å². The summed E-state index contributed by atoms with van der Waals surface area (Å²) >= 11 is 0. The van der Waals surface area contributed by atoms with Gasteiger partial charge in [-0.3, -0.25) is 4.79 Å². The number of para-hydroxylation sites is 1. The molecule has 0 bridgehead atoms. The monoisotopic (exact) mass is 421 g/mol. The fourth-order valence-corrected chi connectivity index (χ4v) is 4.67. The quantitative estimate of drug-likeness (QED) is 0.635. The lowest BCUT2D eigenvalue weighted by molar-refractivity contribution is 0.0747. The number of likely N-dealkylation sites (tertiary alicyclic amines) is 1. The first-order valence-electron chi connectivity index (χ1n) is 11.1. The molecule has 3 heterocycles. The molecule has 0 spiro atoms. The number of rotatable bonds is 5. The predicted molar refractivity (Wildman–Crippen MR) is 120 cm³/mol. The van der Waals surface area contributed by atoms with Crippen LogP contribution in [0.2, 0.25) is 0 Å². The number of carbonyl (C=O) groups excluding carboxylic acids is 1. The van der Waals surface area contributed by atoms with Crippen LogP contribution in [0.1, 0.15) is 23.2 Å². The van der Waals surface area contributed by atoms with E-state index in [0.29, 0.717) is 37.4 Å². The molecule has 5 rings (SSSR count). The lowest BCUT2D eigenvalue weighted by atomic mass is 10.1. The molecule has 31 heavy (non-hydrogen) atoms. The molecule has 2 aromatic carbocycles. The molecule has 0 atom stereocenters. The number of aromatic nitrogens is 2. The van der Waals surface area contributed by atoms with Gasteiger partial charge in [-0.2, -0.15) is 0 Å². The van der Waals surface area contributed by atoms with Crippen LogP contribution in [-0.2, 0) is 6.54 Å². The highest BCUT2D eigenvalue weighted by atomic mass is 19.1. The van der Waals surface area contributed by atoms with Crippen LogP contribution >= 0.6 is 0 Å². The third-order valence-corrected chi connectivity index (χ3v) is 6.48. The Morgan fingerprint density at radius 2 is 1.71 bits per heavy atom. The van der Waals surface area contributed by atoms with Crippen LogP contribution in [0.25, 0.3) is 11.0 Å². The van der Waals surface area contributed by atoms with E-state index in [9.17, 15) is 9.18 Å². The molecule has 162 valence electrons. The summed E-state index contributed by atoms with van der Waals surface area (Å²) in [5.41, 5.74) is 3.20. The van der Waals surface area contributed by atoms with Crippen molar-refractivity contribution >= 4 is 22.6 Å². The zero-order chi connectivity index (χ0) is 21.2. The summed E-state index contributed by atoms with van der Waals surface area (Å²) in [6, 6.07) is 12.6. The summed E-state index contributed by atoms with van der Waals surface area (Å²) in [5, 5.41) is 0. The van der Waals surface area contributed by atoms with E-state index < -0.39 is 0 Å². The van der Waals surface area contributed by atoms with E-state index in [0.717, 1.165) is 24.1 Å². The molecule has 2 fully saturated rings. The van der Waals surface area contributed by atoms with Crippen LogP contribution in [0.15, 0.2) is 48.8 Å². The SMILES string of the molecule is O=C(c1ccc2c(c1)ncn2CCN1CCCC1)N1CCN(c2ccccc2F)CC1. The summed E-state index contributed by atoms with van der Waals surface area (Å²) in [6.07, 6.45) is 4.47. The highest BCUT2D eigenvalue weighted by Gasteiger charge is 2.24. The Bertz CT molecular complexity index is 1070. The van der Waals surface area contributed by atoms with Crippen molar-refractivity contribution in [1.82, 2.24) is 19.4 Å². The standard InChI is InChI=1S/C24H28FN5O/c25-20-5-1-2-6-22(20)28-13-15-29(16-14-28)24(31)19-7-8-23-21(17-19)26-18-30(23)12-11-27-9-3-4-10-27/h1-2,5-8,17-18H,3-4,9-16H2. The number of carbonyl (C=O) groups is 1. The predicted octanol–water partition coefficient (Wildman–Crippen LogP) is 3.23. The van der Waals surface area contributed by atoms with Gasteiger partial charge < -0.3 is 19.3 Å². The molecule has 6 nitrogen and oxygen atoms in total. The molecule has 2 saturated heterocycles. The van der Waals surface area contributed by atoms with Gasteiger partial charge in [0.25, 0.3) is 5.91 Å². The molecule has 1 aromatic heterocycles. The minimum Gasteiger partial charge on any atom is -0.366 e. The summed E-state index contributed by atoms with van der Waals surface area (Å²) < 4.78 is 16.2. The van der Waals surface area contributed by atoms with E-state index in [2.05, 4.69) is 14.5 Å². The van der Waals surface area contributed by atoms with E-state index >= 15 is 0 Å². The average Bonchev–Trinajstić information content (AvgIpc) is 3.47. The van der Waals surface area contributed by atoms with Gasteiger partial charge in [0.1, 0.15) is 5.82 Å². The van der Waals surface area contributed by atoms with E-state index in [-0.39, 0.29) is 11.7 Å². The largest absolute Gasteiger partial charge is 0.366 e. The second kappa shape index (κ2) is 8.67. The van der Waals surface area contributed by atoms with Crippen LogP contribution in [0.4, 0.5) is 10.1 Å². The topological polar surface area (TPSA) is 44.6 Å². The Morgan fingerprint density at radius 3 is 2.48 bits per heavy atom. The van der Waals surface area contributed by atoms with Gasteiger partial charge in [-0.1, -0.05) is 12.1 Å². The van der Waals surface area contributed by atoms with Crippen LogP contribution in [-0.4, -0.2) is 71.1 Å². The van der Waals surface area contributed by atoms with Crippen molar-refractivity contribution < 1.29 is 9.18 Å². The number of halogens is 1. The second-order valence-electron chi connectivity index (χ2n) is 8.42. The van der Waals surface area contributed by atoms with E-state index in [1.165, 1.54) is 32.0 Å². The number of hydrogen-bond acceptors (Lipinski definition) is 4. The first-order chi connectivity index (χ1) is 15.2. The van der Waals surface area contributed by atoms with Gasteiger partial charge in [0.15, 0.2) is 0 Å². The molecule has 0 aliphatic carbocycles. The van der Waals surface area contributed by atoms with Crippen molar-refractivity contribution in [2.45, 2.75) is 19.4 Å². The number of nitrogens with zero attached hydrogens (tertiary/aromatic N) is 5. The normalized spacial score (nSPS) is 17.6.